The Balaban J connectivity index is 3.52. The van der Waals surface area contributed by atoms with E-state index in [9.17, 15) is 8.78 Å². The van der Waals surface area contributed by atoms with Crippen molar-refractivity contribution in [1.82, 2.24) is 4.98 Å². The average Bonchev–Trinajstić information content (AvgIpc) is 2.08. The zero-order chi connectivity index (χ0) is 9.30. The van der Waals surface area contributed by atoms with E-state index >= 15 is 0 Å². The van der Waals surface area contributed by atoms with Crippen LogP contribution in [0.2, 0.25) is 5.02 Å². The van der Waals surface area contributed by atoms with Crippen molar-refractivity contribution in [2.45, 2.75) is 6.92 Å². The standard InChI is InChI=1S/C7H3ClF2N2/c1-3-5(8)7(10)12-4(2-11)6(3)9/h1H3. The zero-order valence-electron chi connectivity index (χ0n) is 6.03. The van der Waals surface area contributed by atoms with Crippen LogP contribution in [-0.2, 0) is 0 Å². The number of nitriles is 1. The number of hydrogen-bond acceptors (Lipinski definition) is 2. The molecule has 0 aliphatic rings. The summed E-state index contributed by atoms with van der Waals surface area (Å²) < 4.78 is 25.6. The first-order valence-electron chi connectivity index (χ1n) is 2.99. The molecule has 1 heterocycles. The highest BCUT2D eigenvalue weighted by atomic mass is 35.5. The lowest BCUT2D eigenvalue weighted by Gasteiger charge is -2.00. The van der Waals surface area contributed by atoms with Crippen LogP contribution in [-0.4, -0.2) is 4.98 Å². The maximum Gasteiger partial charge on any atom is 0.233 e. The van der Waals surface area contributed by atoms with Gasteiger partial charge in [0.1, 0.15) is 11.1 Å². The van der Waals surface area contributed by atoms with E-state index in [1.807, 2.05) is 0 Å². The molecule has 0 radical (unpaired) electrons. The molecule has 0 bridgehead atoms. The van der Waals surface area contributed by atoms with Crippen molar-refractivity contribution in [2.24, 2.45) is 0 Å². The lowest BCUT2D eigenvalue weighted by Crippen LogP contribution is -1.98. The highest BCUT2D eigenvalue weighted by molar-refractivity contribution is 6.31. The van der Waals surface area contributed by atoms with E-state index in [0.717, 1.165) is 0 Å². The molecule has 0 unspecified atom stereocenters. The lowest BCUT2D eigenvalue weighted by molar-refractivity contribution is 0.550. The number of hydrogen-bond donors (Lipinski definition) is 0. The first kappa shape index (κ1) is 8.88. The second-order valence-corrected chi connectivity index (χ2v) is 2.49. The van der Waals surface area contributed by atoms with Gasteiger partial charge in [0.25, 0.3) is 0 Å². The van der Waals surface area contributed by atoms with Crippen LogP contribution in [0.25, 0.3) is 0 Å². The molecule has 62 valence electrons. The van der Waals surface area contributed by atoms with Crippen LogP contribution in [0.1, 0.15) is 11.3 Å². The van der Waals surface area contributed by atoms with Crippen LogP contribution in [0.3, 0.4) is 0 Å². The maximum atomic E-state index is 12.9. The van der Waals surface area contributed by atoms with Crippen LogP contribution in [0, 0.1) is 30.0 Å². The van der Waals surface area contributed by atoms with Crippen molar-refractivity contribution < 1.29 is 8.78 Å². The minimum absolute atomic E-state index is 0.0966. The fraction of sp³-hybridized carbons (Fsp3) is 0.143. The van der Waals surface area contributed by atoms with Gasteiger partial charge in [0.15, 0.2) is 11.5 Å². The van der Waals surface area contributed by atoms with E-state index in [0.29, 0.717) is 0 Å². The summed E-state index contributed by atoms with van der Waals surface area (Å²) in [6.45, 7) is 1.28. The minimum atomic E-state index is -1.02. The van der Waals surface area contributed by atoms with Crippen molar-refractivity contribution >= 4 is 11.6 Å². The van der Waals surface area contributed by atoms with Crippen molar-refractivity contribution in [3.05, 3.63) is 28.0 Å². The molecular weight excluding hydrogens is 186 g/mol. The Morgan fingerprint density at radius 2 is 2.08 bits per heavy atom. The van der Waals surface area contributed by atoms with Crippen molar-refractivity contribution in [2.75, 3.05) is 0 Å². The van der Waals surface area contributed by atoms with E-state index in [2.05, 4.69) is 4.98 Å². The molecule has 1 aromatic rings. The summed E-state index contributed by atoms with van der Waals surface area (Å²) in [5.74, 6) is -1.89. The van der Waals surface area contributed by atoms with Crippen LogP contribution < -0.4 is 0 Å². The third-order valence-corrected chi connectivity index (χ3v) is 1.80. The molecule has 0 N–H and O–H groups in total. The Morgan fingerprint density at radius 3 is 2.58 bits per heavy atom. The van der Waals surface area contributed by atoms with Crippen LogP contribution in [0.15, 0.2) is 0 Å². The molecule has 0 aliphatic carbocycles. The highest BCUT2D eigenvalue weighted by Crippen LogP contribution is 2.21. The molecule has 1 aromatic heterocycles. The molecule has 0 spiro atoms. The normalized spacial score (nSPS) is 9.58. The van der Waals surface area contributed by atoms with E-state index in [1.165, 1.54) is 13.0 Å². The molecule has 0 saturated carbocycles. The highest BCUT2D eigenvalue weighted by Gasteiger charge is 2.14. The van der Waals surface area contributed by atoms with Crippen molar-refractivity contribution in [3.8, 4) is 6.07 Å². The first-order chi connectivity index (χ1) is 5.57. The van der Waals surface area contributed by atoms with E-state index in [1.54, 1.807) is 0 Å². The van der Waals surface area contributed by atoms with Gasteiger partial charge in [-0.15, -0.1) is 0 Å². The predicted octanol–water partition coefficient (Wildman–Crippen LogP) is 2.19. The summed E-state index contributed by atoms with van der Waals surface area (Å²) in [5, 5.41) is 7.91. The number of nitrogens with zero attached hydrogens (tertiary/aromatic N) is 2. The molecule has 1 rings (SSSR count). The monoisotopic (exact) mass is 188 g/mol. The SMILES string of the molecule is Cc1c(F)c(C#N)nc(F)c1Cl. The van der Waals surface area contributed by atoms with E-state index < -0.39 is 17.5 Å². The quantitative estimate of drug-likeness (QED) is 0.586. The van der Waals surface area contributed by atoms with Gasteiger partial charge in [0.05, 0.1) is 0 Å². The number of aromatic nitrogens is 1. The van der Waals surface area contributed by atoms with Gasteiger partial charge in [0, 0.05) is 5.56 Å². The van der Waals surface area contributed by atoms with Gasteiger partial charge in [0.2, 0.25) is 5.95 Å². The van der Waals surface area contributed by atoms with Crippen LogP contribution >= 0.6 is 11.6 Å². The maximum absolute atomic E-state index is 12.9. The average molecular weight is 189 g/mol. The van der Waals surface area contributed by atoms with Gasteiger partial charge in [-0.1, -0.05) is 11.6 Å². The first-order valence-corrected chi connectivity index (χ1v) is 3.37. The fourth-order valence-electron chi connectivity index (χ4n) is 0.699. The Kier molecular flexibility index (Phi) is 2.25. The molecule has 0 saturated heterocycles. The van der Waals surface area contributed by atoms with Gasteiger partial charge in [-0.05, 0) is 6.92 Å². The van der Waals surface area contributed by atoms with Gasteiger partial charge < -0.3 is 0 Å². The Morgan fingerprint density at radius 1 is 1.50 bits per heavy atom. The molecule has 0 amide bonds. The summed E-state index contributed by atoms with van der Waals surface area (Å²) in [7, 11) is 0. The number of pyridine rings is 1. The number of halogens is 3. The summed E-state index contributed by atoms with van der Waals surface area (Å²) in [4.78, 5) is 3.02. The van der Waals surface area contributed by atoms with Gasteiger partial charge in [-0.25, -0.2) is 9.37 Å². The molecular formula is C7H3ClF2N2. The fourth-order valence-corrected chi connectivity index (χ4v) is 0.824. The molecule has 0 fully saturated rings. The summed E-state index contributed by atoms with van der Waals surface area (Å²) in [6, 6.07) is 1.42. The third kappa shape index (κ3) is 1.23. The second-order valence-electron chi connectivity index (χ2n) is 2.12. The summed E-state index contributed by atoms with van der Waals surface area (Å²) >= 11 is 5.32. The Labute approximate surface area is 72.4 Å². The Hall–Kier alpha value is -1.21. The largest absolute Gasteiger partial charge is 0.233 e. The molecule has 2 nitrogen and oxygen atoms in total. The summed E-state index contributed by atoms with van der Waals surface area (Å²) in [6.07, 6.45) is 0. The topological polar surface area (TPSA) is 36.7 Å². The molecule has 0 aromatic carbocycles. The lowest BCUT2D eigenvalue weighted by atomic mass is 10.2. The van der Waals surface area contributed by atoms with Crippen molar-refractivity contribution in [1.29, 1.82) is 5.26 Å². The van der Waals surface area contributed by atoms with Crippen LogP contribution in [0.4, 0.5) is 8.78 Å². The third-order valence-electron chi connectivity index (χ3n) is 1.36. The molecule has 5 heteroatoms. The number of rotatable bonds is 0. The second kappa shape index (κ2) is 3.03. The van der Waals surface area contributed by atoms with Crippen LogP contribution in [0.5, 0.6) is 0 Å². The van der Waals surface area contributed by atoms with Gasteiger partial charge in [-0.2, -0.15) is 9.65 Å². The van der Waals surface area contributed by atoms with E-state index in [4.69, 9.17) is 16.9 Å². The van der Waals surface area contributed by atoms with Gasteiger partial charge in [-0.3, -0.25) is 0 Å². The smallest absolute Gasteiger partial charge is 0.204 e. The summed E-state index contributed by atoms with van der Waals surface area (Å²) in [5.41, 5.74) is -0.671. The Bertz CT molecular complexity index is 371. The zero-order valence-corrected chi connectivity index (χ0v) is 6.78. The molecule has 12 heavy (non-hydrogen) atoms. The van der Waals surface area contributed by atoms with Crippen molar-refractivity contribution in [3.63, 3.8) is 0 Å². The predicted molar refractivity (Wildman–Crippen MR) is 38.6 cm³/mol. The molecule has 0 atom stereocenters. The van der Waals surface area contributed by atoms with Gasteiger partial charge >= 0.3 is 0 Å². The van der Waals surface area contributed by atoms with E-state index in [-0.39, 0.29) is 10.6 Å². The minimum Gasteiger partial charge on any atom is -0.204 e. The molecule has 0 aliphatic heterocycles.